The number of aliphatic hydroxyl groups is 1. The molecule has 0 aliphatic rings. The maximum absolute atomic E-state index is 12.3. The van der Waals surface area contributed by atoms with Gasteiger partial charge in [0.1, 0.15) is 5.75 Å². The normalized spacial score (nSPS) is 11.9. The average molecular weight is 405 g/mol. The van der Waals surface area contributed by atoms with E-state index in [4.69, 9.17) is 0 Å². The highest BCUT2D eigenvalue weighted by Crippen LogP contribution is 2.25. The van der Waals surface area contributed by atoms with Crippen molar-refractivity contribution in [3.63, 3.8) is 0 Å². The highest BCUT2D eigenvalue weighted by atomic mass is 16.3. The molecule has 0 aliphatic heterocycles. The second-order valence-electron chi connectivity index (χ2n) is 7.08. The molecule has 1 amide bonds. The van der Waals surface area contributed by atoms with Crippen molar-refractivity contribution < 1.29 is 15.0 Å². The van der Waals surface area contributed by atoms with Crippen molar-refractivity contribution in [1.29, 1.82) is 0 Å². The van der Waals surface area contributed by atoms with E-state index in [0.29, 0.717) is 17.7 Å². The molecule has 1 atom stereocenters. The second kappa shape index (κ2) is 9.97. The molecule has 0 fully saturated rings. The number of carbonyl (C=O) groups excluding carboxylic acids is 1. The van der Waals surface area contributed by atoms with E-state index in [1.807, 2.05) is 32.2 Å². The van der Waals surface area contributed by atoms with E-state index in [1.54, 1.807) is 30.3 Å². The van der Waals surface area contributed by atoms with E-state index in [1.165, 1.54) is 0 Å². The van der Waals surface area contributed by atoms with E-state index < -0.39 is 6.10 Å². The van der Waals surface area contributed by atoms with Gasteiger partial charge in [0, 0.05) is 41.3 Å². The number of nitrogens with one attached hydrogen (secondary N) is 2. The molecular formula is C24H27N3O3. The lowest BCUT2D eigenvalue weighted by Crippen LogP contribution is -2.40. The summed E-state index contributed by atoms with van der Waals surface area (Å²) in [4.78, 5) is 17.5. The van der Waals surface area contributed by atoms with Gasteiger partial charge in [0.2, 0.25) is 0 Å². The molecule has 3 rings (SSSR count). The lowest BCUT2D eigenvalue weighted by molar-refractivity contribution is 0.0869. The van der Waals surface area contributed by atoms with Crippen LogP contribution in [0.3, 0.4) is 0 Å². The van der Waals surface area contributed by atoms with Crippen molar-refractivity contribution in [1.82, 2.24) is 15.2 Å². The maximum atomic E-state index is 12.3. The number of phenolic OH excluding ortho intramolecular Hbond substituents is 1. The van der Waals surface area contributed by atoms with E-state index >= 15 is 0 Å². The van der Waals surface area contributed by atoms with Crippen LogP contribution in [0.2, 0.25) is 0 Å². The van der Waals surface area contributed by atoms with Crippen molar-refractivity contribution in [2.24, 2.45) is 0 Å². The largest absolute Gasteiger partial charge is 0.507 e. The minimum atomic E-state index is -0.609. The fourth-order valence-corrected chi connectivity index (χ4v) is 3.25. The van der Waals surface area contributed by atoms with Gasteiger partial charge in [0.05, 0.1) is 11.7 Å². The molecule has 0 aliphatic carbocycles. The molecule has 1 unspecified atom stereocenters. The van der Waals surface area contributed by atoms with E-state index in [0.717, 1.165) is 29.6 Å². The third-order valence-electron chi connectivity index (χ3n) is 5.05. The summed E-state index contributed by atoms with van der Waals surface area (Å²) in [7, 11) is 0. The minimum Gasteiger partial charge on any atom is -0.507 e. The van der Waals surface area contributed by atoms with Crippen LogP contribution in [-0.4, -0.2) is 58.3 Å². The van der Waals surface area contributed by atoms with Crippen molar-refractivity contribution in [2.75, 3.05) is 26.2 Å². The summed E-state index contributed by atoms with van der Waals surface area (Å²) in [5, 5.41) is 23.8. The van der Waals surface area contributed by atoms with Crippen LogP contribution in [0, 0.1) is 11.8 Å². The van der Waals surface area contributed by atoms with Crippen molar-refractivity contribution in [3.8, 4) is 17.6 Å². The summed E-state index contributed by atoms with van der Waals surface area (Å²) in [6.07, 6.45) is 1.20. The van der Waals surface area contributed by atoms with Gasteiger partial charge in [0.15, 0.2) is 0 Å². The molecule has 0 saturated heterocycles. The molecule has 0 saturated carbocycles. The summed E-state index contributed by atoms with van der Waals surface area (Å²) in [5.41, 5.74) is 2.72. The van der Waals surface area contributed by atoms with E-state index in [9.17, 15) is 15.0 Å². The molecule has 1 heterocycles. The topological polar surface area (TPSA) is 88.6 Å². The van der Waals surface area contributed by atoms with Gasteiger partial charge >= 0.3 is 0 Å². The van der Waals surface area contributed by atoms with Crippen LogP contribution in [0.5, 0.6) is 5.75 Å². The van der Waals surface area contributed by atoms with Gasteiger partial charge in [-0.25, -0.2) is 0 Å². The second-order valence-corrected chi connectivity index (χ2v) is 7.08. The highest BCUT2D eigenvalue weighted by molar-refractivity contribution is 5.94. The summed E-state index contributed by atoms with van der Waals surface area (Å²) >= 11 is 0. The number of aromatic amines is 1. The smallest absolute Gasteiger partial charge is 0.251 e. The number of benzene rings is 2. The lowest BCUT2D eigenvalue weighted by Gasteiger charge is -2.22. The first kappa shape index (κ1) is 21.4. The molecule has 4 N–H and O–H groups in total. The molecular weight excluding hydrogens is 378 g/mol. The Kier molecular flexibility index (Phi) is 7.12. The van der Waals surface area contributed by atoms with Crippen molar-refractivity contribution >= 4 is 16.8 Å². The Morgan fingerprint density at radius 2 is 1.83 bits per heavy atom. The summed E-state index contributed by atoms with van der Waals surface area (Å²) in [5.74, 6) is 5.95. The van der Waals surface area contributed by atoms with Crippen molar-refractivity contribution in [3.05, 3.63) is 65.4 Å². The average Bonchev–Trinajstić information content (AvgIpc) is 3.24. The Hall–Kier alpha value is -3.27. The van der Waals surface area contributed by atoms with Crippen LogP contribution in [0.4, 0.5) is 0 Å². The number of likely N-dealkylation sites (N-methyl/N-ethyl adjacent to an activating group) is 1. The van der Waals surface area contributed by atoms with Gasteiger partial charge in [-0.1, -0.05) is 25.7 Å². The fraction of sp³-hybridized carbons (Fsp3) is 0.292. The summed E-state index contributed by atoms with van der Waals surface area (Å²) in [6.45, 7) is 6.54. The van der Waals surface area contributed by atoms with Gasteiger partial charge in [-0.2, -0.15) is 0 Å². The Morgan fingerprint density at radius 1 is 1.10 bits per heavy atom. The first-order valence-electron chi connectivity index (χ1n) is 10.1. The Labute approximate surface area is 176 Å². The zero-order valence-corrected chi connectivity index (χ0v) is 17.3. The number of fused-ring (bicyclic) bond motifs is 1. The third kappa shape index (κ3) is 5.20. The van der Waals surface area contributed by atoms with Gasteiger partial charge in [-0.05, 0) is 55.6 Å². The first-order valence-corrected chi connectivity index (χ1v) is 10.1. The molecule has 30 heavy (non-hydrogen) atoms. The number of hydrogen-bond acceptors (Lipinski definition) is 4. The Balaban J connectivity index is 1.63. The van der Waals surface area contributed by atoms with Crippen LogP contribution >= 0.6 is 0 Å². The summed E-state index contributed by atoms with van der Waals surface area (Å²) < 4.78 is 0. The maximum Gasteiger partial charge on any atom is 0.251 e. The van der Waals surface area contributed by atoms with Crippen LogP contribution in [0.25, 0.3) is 10.9 Å². The van der Waals surface area contributed by atoms with Gasteiger partial charge in [-0.15, -0.1) is 0 Å². The zero-order chi connectivity index (χ0) is 21.5. The molecule has 2 aromatic carbocycles. The minimum absolute atomic E-state index is 0.133. The molecule has 1 aromatic heterocycles. The number of phenols is 1. The number of aromatic hydroxyl groups is 1. The summed E-state index contributed by atoms with van der Waals surface area (Å²) in [6, 6.07) is 12.2. The lowest BCUT2D eigenvalue weighted by atomic mass is 10.1. The molecule has 0 bridgehead atoms. The van der Waals surface area contributed by atoms with Crippen molar-refractivity contribution in [2.45, 2.75) is 20.0 Å². The van der Waals surface area contributed by atoms with E-state index in [-0.39, 0.29) is 18.2 Å². The number of hydrogen-bond donors (Lipinski definition) is 4. The SMILES string of the molecule is CCN(CC)CC(O)CNC(=O)c1ccc(C#Cc2c(O)ccc3[nH]ccc23)cc1. The van der Waals surface area contributed by atoms with Gasteiger partial charge in [-0.3, -0.25) is 4.79 Å². The van der Waals surface area contributed by atoms with E-state index in [2.05, 4.69) is 27.0 Å². The third-order valence-corrected chi connectivity index (χ3v) is 5.05. The molecule has 6 heteroatoms. The molecule has 3 aromatic rings. The molecule has 156 valence electrons. The predicted molar refractivity (Wildman–Crippen MR) is 119 cm³/mol. The number of aromatic nitrogens is 1. The van der Waals surface area contributed by atoms with Gasteiger partial charge in [0.25, 0.3) is 5.91 Å². The standard InChI is InChI=1S/C24H27N3O3/c1-3-27(4-2)16-19(28)15-26-24(30)18-8-5-17(6-9-18)7-10-21-20-13-14-25-22(20)11-12-23(21)29/h5-6,8-9,11-14,19,25,28-29H,3-4,15-16H2,1-2H3,(H,26,30). The number of aliphatic hydroxyl groups excluding tert-OH is 1. The number of rotatable bonds is 7. The quantitative estimate of drug-likeness (QED) is 0.455. The molecule has 6 nitrogen and oxygen atoms in total. The van der Waals surface area contributed by atoms with Crippen LogP contribution in [-0.2, 0) is 0 Å². The zero-order valence-electron chi connectivity index (χ0n) is 17.3. The molecule has 0 spiro atoms. The van der Waals surface area contributed by atoms with Crippen LogP contribution < -0.4 is 5.32 Å². The Bertz CT molecular complexity index is 1060. The predicted octanol–water partition coefficient (Wildman–Crippen LogP) is 2.71. The van der Waals surface area contributed by atoms with Gasteiger partial charge < -0.3 is 25.4 Å². The number of H-pyrrole nitrogens is 1. The highest BCUT2D eigenvalue weighted by Gasteiger charge is 2.11. The molecule has 0 radical (unpaired) electrons. The number of nitrogens with zero attached hydrogens (tertiary/aromatic N) is 1. The number of carbonyl (C=O) groups is 1. The van der Waals surface area contributed by atoms with Crippen LogP contribution in [0.1, 0.15) is 35.3 Å². The Morgan fingerprint density at radius 3 is 2.53 bits per heavy atom. The number of amides is 1. The monoisotopic (exact) mass is 405 g/mol. The first-order chi connectivity index (χ1) is 14.5. The van der Waals surface area contributed by atoms with Crippen LogP contribution in [0.15, 0.2) is 48.7 Å². The fourth-order valence-electron chi connectivity index (χ4n) is 3.25.